The molecular formula is C20H18F3N3O3. The number of carbonyl (C=O) groups excluding carboxylic acids is 3. The van der Waals surface area contributed by atoms with Crippen LogP contribution < -0.4 is 10.2 Å². The van der Waals surface area contributed by atoms with Crippen LogP contribution in [-0.2, 0) is 15.8 Å². The highest BCUT2D eigenvalue weighted by Crippen LogP contribution is 2.30. The third kappa shape index (κ3) is 4.23. The highest BCUT2D eigenvalue weighted by molar-refractivity contribution is 6.16. The van der Waals surface area contributed by atoms with E-state index >= 15 is 0 Å². The number of urea groups is 1. The molecule has 6 nitrogen and oxygen atoms in total. The quantitative estimate of drug-likeness (QED) is 0.787. The van der Waals surface area contributed by atoms with E-state index in [1.807, 2.05) is 6.92 Å². The second-order valence-corrected chi connectivity index (χ2v) is 6.71. The number of carbonyl (C=O) groups is 3. The summed E-state index contributed by atoms with van der Waals surface area (Å²) >= 11 is 0. The Morgan fingerprint density at radius 3 is 2.17 bits per heavy atom. The zero-order valence-electron chi connectivity index (χ0n) is 15.7. The van der Waals surface area contributed by atoms with Gasteiger partial charge in [-0.2, -0.15) is 13.2 Å². The summed E-state index contributed by atoms with van der Waals surface area (Å²) in [6.45, 7) is 2.92. The van der Waals surface area contributed by atoms with Crippen molar-refractivity contribution in [2.24, 2.45) is 0 Å². The normalized spacial score (nSPS) is 17.1. The van der Waals surface area contributed by atoms with Crippen molar-refractivity contribution >= 4 is 29.2 Å². The standard InChI is InChI=1S/C20H18F3N3O3/c1-12-3-9-16(10-4-12)26-13(2)18(28)25(19(26)29)11-17(27)24-15-7-5-14(6-8-15)20(21,22)23/h3-10,13H,11H2,1-2H3,(H,24,27)/t13-/m1/s1. The van der Waals surface area contributed by atoms with Gasteiger partial charge in [-0.15, -0.1) is 0 Å². The Bertz CT molecular complexity index is 940. The molecule has 0 aliphatic carbocycles. The molecule has 1 saturated heterocycles. The van der Waals surface area contributed by atoms with Crippen molar-refractivity contribution in [1.82, 2.24) is 4.90 Å². The fourth-order valence-corrected chi connectivity index (χ4v) is 3.00. The summed E-state index contributed by atoms with van der Waals surface area (Å²) in [4.78, 5) is 39.5. The first-order valence-electron chi connectivity index (χ1n) is 8.76. The lowest BCUT2D eigenvalue weighted by molar-refractivity contribution is -0.137. The molecule has 0 unspecified atom stereocenters. The van der Waals surface area contributed by atoms with Crippen LogP contribution >= 0.6 is 0 Å². The Kier molecular flexibility index (Phi) is 5.32. The summed E-state index contributed by atoms with van der Waals surface area (Å²) in [7, 11) is 0. The first-order valence-corrected chi connectivity index (χ1v) is 8.76. The maximum Gasteiger partial charge on any atom is 0.416 e. The van der Waals surface area contributed by atoms with Crippen LogP contribution in [-0.4, -0.2) is 35.3 Å². The number of rotatable bonds is 4. The van der Waals surface area contributed by atoms with Crippen LogP contribution in [0, 0.1) is 6.92 Å². The van der Waals surface area contributed by atoms with E-state index in [-0.39, 0.29) is 5.69 Å². The average Bonchev–Trinajstić information content (AvgIpc) is 2.86. The summed E-state index contributed by atoms with van der Waals surface area (Å²) in [5.41, 5.74) is 0.813. The highest BCUT2D eigenvalue weighted by Gasteiger charge is 2.44. The predicted molar refractivity (Wildman–Crippen MR) is 100 cm³/mol. The molecule has 0 saturated carbocycles. The van der Waals surface area contributed by atoms with E-state index in [9.17, 15) is 27.6 Å². The van der Waals surface area contributed by atoms with Gasteiger partial charge < -0.3 is 5.32 Å². The summed E-state index contributed by atoms with van der Waals surface area (Å²) < 4.78 is 37.8. The van der Waals surface area contributed by atoms with Crippen LogP contribution in [0.4, 0.5) is 29.3 Å². The highest BCUT2D eigenvalue weighted by atomic mass is 19.4. The summed E-state index contributed by atoms with van der Waals surface area (Å²) in [6, 6.07) is 9.51. The molecule has 2 aromatic carbocycles. The molecule has 9 heteroatoms. The Hall–Kier alpha value is -3.36. The van der Waals surface area contributed by atoms with Gasteiger partial charge in [0.15, 0.2) is 0 Å². The van der Waals surface area contributed by atoms with Crippen molar-refractivity contribution in [1.29, 1.82) is 0 Å². The molecule has 3 rings (SSSR count). The maximum atomic E-state index is 12.7. The molecule has 1 aliphatic rings. The number of anilines is 2. The van der Waals surface area contributed by atoms with Crippen LogP contribution in [0.25, 0.3) is 0 Å². The number of alkyl halides is 3. The third-order valence-electron chi connectivity index (χ3n) is 4.56. The number of halogens is 3. The van der Waals surface area contributed by atoms with Gasteiger partial charge in [0.05, 0.1) is 5.56 Å². The van der Waals surface area contributed by atoms with Crippen molar-refractivity contribution in [2.45, 2.75) is 26.1 Å². The molecular weight excluding hydrogens is 387 g/mol. The van der Waals surface area contributed by atoms with Crippen LogP contribution in [0.5, 0.6) is 0 Å². The van der Waals surface area contributed by atoms with Crippen molar-refractivity contribution in [3.8, 4) is 0 Å². The van der Waals surface area contributed by atoms with E-state index < -0.39 is 42.2 Å². The number of nitrogens with one attached hydrogen (secondary N) is 1. The molecule has 1 atom stereocenters. The van der Waals surface area contributed by atoms with Gasteiger partial charge in [-0.1, -0.05) is 17.7 Å². The molecule has 0 spiro atoms. The molecule has 1 N–H and O–H groups in total. The maximum absolute atomic E-state index is 12.7. The Morgan fingerprint density at radius 1 is 1.03 bits per heavy atom. The van der Waals surface area contributed by atoms with Gasteiger partial charge >= 0.3 is 12.2 Å². The number of imide groups is 1. The molecule has 0 radical (unpaired) electrons. The zero-order valence-corrected chi connectivity index (χ0v) is 15.7. The van der Waals surface area contributed by atoms with E-state index in [1.165, 1.54) is 4.90 Å². The predicted octanol–water partition coefficient (Wildman–Crippen LogP) is 3.81. The lowest BCUT2D eigenvalue weighted by Gasteiger charge is -2.19. The summed E-state index contributed by atoms with van der Waals surface area (Å²) in [6.07, 6.45) is -4.48. The van der Waals surface area contributed by atoms with Gasteiger partial charge in [0.2, 0.25) is 5.91 Å². The van der Waals surface area contributed by atoms with Crippen LogP contribution in [0.1, 0.15) is 18.1 Å². The molecule has 1 fully saturated rings. The Morgan fingerprint density at radius 2 is 1.62 bits per heavy atom. The minimum Gasteiger partial charge on any atom is -0.325 e. The average molecular weight is 405 g/mol. The fraction of sp³-hybridized carbons (Fsp3) is 0.250. The number of benzene rings is 2. The molecule has 2 aromatic rings. The van der Waals surface area contributed by atoms with Gasteiger partial charge in [-0.25, -0.2) is 4.79 Å². The topological polar surface area (TPSA) is 69.7 Å². The minimum absolute atomic E-state index is 0.130. The smallest absolute Gasteiger partial charge is 0.325 e. The Labute approximate surface area is 164 Å². The zero-order chi connectivity index (χ0) is 21.3. The molecule has 0 aromatic heterocycles. The fourth-order valence-electron chi connectivity index (χ4n) is 3.00. The van der Waals surface area contributed by atoms with Gasteiger partial charge in [0.1, 0.15) is 12.6 Å². The van der Waals surface area contributed by atoms with Crippen LogP contribution in [0.2, 0.25) is 0 Å². The van der Waals surface area contributed by atoms with Crippen LogP contribution in [0.15, 0.2) is 48.5 Å². The molecule has 29 heavy (non-hydrogen) atoms. The third-order valence-corrected chi connectivity index (χ3v) is 4.56. The molecule has 0 bridgehead atoms. The van der Waals surface area contributed by atoms with Crippen molar-refractivity contribution in [3.05, 3.63) is 59.7 Å². The van der Waals surface area contributed by atoms with Gasteiger partial charge in [-0.3, -0.25) is 19.4 Å². The second kappa shape index (κ2) is 7.57. The summed E-state index contributed by atoms with van der Waals surface area (Å²) in [5.74, 6) is -1.22. The monoisotopic (exact) mass is 405 g/mol. The van der Waals surface area contributed by atoms with Gasteiger partial charge in [0.25, 0.3) is 5.91 Å². The largest absolute Gasteiger partial charge is 0.416 e. The number of nitrogens with zero attached hydrogens (tertiary/aromatic N) is 2. The molecule has 1 aliphatic heterocycles. The second-order valence-electron chi connectivity index (χ2n) is 6.71. The number of amides is 4. The number of hydrogen-bond acceptors (Lipinski definition) is 3. The number of hydrogen-bond donors (Lipinski definition) is 1. The van der Waals surface area contributed by atoms with Crippen LogP contribution in [0.3, 0.4) is 0 Å². The van der Waals surface area contributed by atoms with Crippen molar-refractivity contribution in [3.63, 3.8) is 0 Å². The lowest BCUT2D eigenvalue weighted by atomic mass is 10.2. The van der Waals surface area contributed by atoms with Crippen molar-refractivity contribution < 1.29 is 27.6 Å². The first-order chi connectivity index (χ1) is 13.6. The Balaban J connectivity index is 1.69. The molecule has 1 heterocycles. The molecule has 4 amide bonds. The SMILES string of the molecule is Cc1ccc(N2C(=O)N(CC(=O)Nc3ccc(C(F)(F)F)cc3)C(=O)[C@H]2C)cc1. The molecule has 152 valence electrons. The van der Waals surface area contributed by atoms with Gasteiger partial charge in [-0.05, 0) is 50.2 Å². The van der Waals surface area contributed by atoms with E-state index in [0.29, 0.717) is 5.69 Å². The van der Waals surface area contributed by atoms with E-state index in [0.717, 1.165) is 34.7 Å². The summed E-state index contributed by atoms with van der Waals surface area (Å²) in [5, 5.41) is 2.39. The number of aryl methyl sites for hydroxylation is 1. The lowest BCUT2D eigenvalue weighted by Crippen LogP contribution is -2.39. The first kappa shape index (κ1) is 20.4. The van der Waals surface area contributed by atoms with Crippen molar-refractivity contribution in [2.75, 3.05) is 16.8 Å². The van der Waals surface area contributed by atoms with E-state index in [1.54, 1.807) is 31.2 Å². The van der Waals surface area contributed by atoms with Gasteiger partial charge in [0, 0.05) is 11.4 Å². The van der Waals surface area contributed by atoms with E-state index in [2.05, 4.69) is 5.32 Å². The minimum atomic E-state index is -4.48. The van der Waals surface area contributed by atoms with E-state index in [4.69, 9.17) is 0 Å².